The normalized spacial score (nSPS) is 33.3. The Hall–Kier alpha value is -1.56. The molecule has 2 unspecified atom stereocenters. The Bertz CT molecular complexity index is 727. The number of benzene rings is 1. The summed E-state index contributed by atoms with van der Waals surface area (Å²) in [5, 5.41) is 0. The summed E-state index contributed by atoms with van der Waals surface area (Å²) in [5.74, 6) is 2.69. The van der Waals surface area contributed by atoms with Crippen LogP contribution in [0.1, 0.15) is 83.6 Å². The topological polar surface area (TPSA) is 0 Å². The maximum atomic E-state index is 2.64. The molecule has 0 amide bonds. The van der Waals surface area contributed by atoms with Gasteiger partial charge in [-0.25, -0.2) is 0 Å². The van der Waals surface area contributed by atoms with E-state index in [9.17, 15) is 0 Å². The zero-order valence-corrected chi connectivity index (χ0v) is 18.0. The Morgan fingerprint density at radius 2 is 1.75 bits per heavy atom. The largest absolute Gasteiger partial charge is 0.0842 e. The van der Waals surface area contributed by atoms with Gasteiger partial charge in [0.25, 0.3) is 0 Å². The van der Waals surface area contributed by atoms with Gasteiger partial charge in [0.05, 0.1) is 0 Å². The molecule has 0 aliphatic heterocycles. The Balaban J connectivity index is 1.58. The summed E-state index contributed by atoms with van der Waals surface area (Å²) in [7, 11) is 0. The van der Waals surface area contributed by atoms with Crippen molar-refractivity contribution in [1.82, 2.24) is 0 Å². The van der Waals surface area contributed by atoms with E-state index in [0.717, 1.165) is 17.8 Å². The van der Waals surface area contributed by atoms with Crippen LogP contribution in [0.3, 0.4) is 0 Å². The zero-order valence-electron chi connectivity index (χ0n) is 18.0. The van der Waals surface area contributed by atoms with Gasteiger partial charge in [0, 0.05) is 5.41 Å². The third-order valence-corrected chi connectivity index (χ3v) is 7.87. The summed E-state index contributed by atoms with van der Waals surface area (Å²) in [6.45, 7) is 4.77. The summed E-state index contributed by atoms with van der Waals surface area (Å²) >= 11 is 0. The first-order chi connectivity index (χ1) is 13.7. The molecule has 0 heterocycles. The molecular formula is C28H38. The van der Waals surface area contributed by atoms with Crippen LogP contribution in [0.15, 0.2) is 60.2 Å². The molecule has 150 valence electrons. The Labute approximate surface area is 172 Å². The SMILES string of the molecule is CCC[C@H]1CC[C@H](C2(C3=CCC(C)CC3)C=CC(c3ccccc3)=CC2)CC1. The van der Waals surface area contributed by atoms with E-state index in [1.54, 1.807) is 5.57 Å². The van der Waals surface area contributed by atoms with Gasteiger partial charge in [-0.2, -0.15) is 0 Å². The molecule has 1 saturated carbocycles. The first kappa shape index (κ1) is 19.7. The minimum absolute atomic E-state index is 0.301. The van der Waals surface area contributed by atoms with Crippen LogP contribution < -0.4 is 0 Å². The molecule has 0 aromatic heterocycles. The zero-order chi connectivity index (χ0) is 19.4. The highest BCUT2D eigenvalue weighted by molar-refractivity contribution is 5.75. The molecule has 3 aliphatic carbocycles. The molecular weight excluding hydrogens is 336 g/mol. The van der Waals surface area contributed by atoms with Crippen molar-refractivity contribution >= 4 is 5.57 Å². The fourth-order valence-corrected chi connectivity index (χ4v) is 6.06. The number of allylic oxidation sites excluding steroid dienone is 6. The van der Waals surface area contributed by atoms with E-state index < -0.39 is 0 Å². The van der Waals surface area contributed by atoms with Gasteiger partial charge in [-0.3, -0.25) is 0 Å². The summed E-state index contributed by atoms with van der Waals surface area (Å²) in [5.41, 5.74) is 4.85. The van der Waals surface area contributed by atoms with Crippen molar-refractivity contribution in [3.05, 3.63) is 65.8 Å². The Morgan fingerprint density at radius 3 is 2.36 bits per heavy atom. The van der Waals surface area contributed by atoms with E-state index in [4.69, 9.17) is 0 Å². The fraction of sp³-hybridized carbons (Fsp3) is 0.571. The Morgan fingerprint density at radius 1 is 0.964 bits per heavy atom. The van der Waals surface area contributed by atoms with E-state index >= 15 is 0 Å². The minimum Gasteiger partial charge on any atom is -0.0842 e. The number of hydrogen-bond donors (Lipinski definition) is 0. The first-order valence-corrected chi connectivity index (χ1v) is 11.9. The van der Waals surface area contributed by atoms with Crippen LogP contribution in [0.25, 0.3) is 5.57 Å². The van der Waals surface area contributed by atoms with Gasteiger partial charge < -0.3 is 0 Å². The molecule has 4 rings (SSSR count). The molecule has 0 N–H and O–H groups in total. The van der Waals surface area contributed by atoms with Gasteiger partial charge in [0.1, 0.15) is 0 Å². The molecule has 28 heavy (non-hydrogen) atoms. The summed E-state index contributed by atoms with van der Waals surface area (Å²) in [4.78, 5) is 0. The lowest BCUT2D eigenvalue weighted by atomic mass is 9.58. The molecule has 0 radical (unpaired) electrons. The fourth-order valence-electron chi connectivity index (χ4n) is 6.06. The lowest BCUT2D eigenvalue weighted by molar-refractivity contribution is 0.162. The second-order valence-corrected chi connectivity index (χ2v) is 9.72. The van der Waals surface area contributed by atoms with Crippen molar-refractivity contribution in [2.75, 3.05) is 0 Å². The molecule has 0 spiro atoms. The van der Waals surface area contributed by atoms with E-state index in [1.165, 1.54) is 75.3 Å². The van der Waals surface area contributed by atoms with Crippen LogP contribution in [-0.2, 0) is 0 Å². The average molecular weight is 375 g/mol. The van der Waals surface area contributed by atoms with E-state index in [2.05, 4.69) is 68.5 Å². The average Bonchev–Trinajstić information content (AvgIpc) is 2.76. The molecule has 1 aromatic carbocycles. The molecule has 0 bridgehead atoms. The lowest BCUT2D eigenvalue weighted by Gasteiger charge is -2.46. The van der Waals surface area contributed by atoms with E-state index in [0.29, 0.717) is 5.41 Å². The standard InChI is InChI=1S/C28H38/c1-3-7-23-12-16-27(17-13-23)28(26-14-10-22(2)11-15-26)20-18-25(19-21-28)24-8-5-4-6-9-24/h4-6,8-9,14,18-20,22-23,27H,3,7,10-13,15-17,21H2,1-2H3/t22?,23-,27-,28?. The van der Waals surface area contributed by atoms with Gasteiger partial charge in [-0.1, -0.05) is 99.7 Å². The third-order valence-electron chi connectivity index (χ3n) is 7.87. The second-order valence-electron chi connectivity index (χ2n) is 9.72. The number of hydrogen-bond acceptors (Lipinski definition) is 0. The molecule has 0 saturated heterocycles. The maximum absolute atomic E-state index is 2.64. The van der Waals surface area contributed by atoms with Crippen molar-refractivity contribution in [1.29, 1.82) is 0 Å². The van der Waals surface area contributed by atoms with Crippen LogP contribution in [0, 0.1) is 23.2 Å². The first-order valence-electron chi connectivity index (χ1n) is 11.9. The minimum atomic E-state index is 0.301. The van der Waals surface area contributed by atoms with Crippen LogP contribution in [0.5, 0.6) is 0 Å². The molecule has 1 fully saturated rings. The van der Waals surface area contributed by atoms with Gasteiger partial charge >= 0.3 is 0 Å². The maximum Gasteiger partial charge on any atom is 0.0157 e. The van der Waals surface area contributed by atoms with Gasteiger partial charge in [-0.05, 0) is 67.4 Å². The van der Waals surface area contributed by atoms with Crippen LogP contribution >= 0.6 is 0 Å². The predicted molar refractivity (Wildman–Crippen MR) is 122 cm³/mol. The summed E-state index contributed by atoms with van der Waals surface area (Å²) in [6.07, 6.45) is 24.0. The molecule has 0 nitrogen and oxygen atoms in total. The van der Waals surface area contributed by atoms with Crippen molar-refractivity contribution in [3.63, 3.8) is 0 Å². The summed E-state index contributed by atoms with van der Waals surface area (Å²) < 4.78 is 0. The van der Waals surface area contributed by atoms with Crippen molar-refractivity contribution in [3.8, 4) is 0 Å². The number of rotatable bonds is 5. The molecule has 1 aromatic rings. The van der Waals surface area contributed by atoms with Gasteiger partial charge in [0.15, 0.2) is 0 Å². The third kappa shape index (κ3) is 4.07. The van der Waals surface area contributed by atoms with Crippen LogP contribution in [0.4, 0.5) is 0 Å². The van der Waals surface area contributed by atoms with Gasteiger partial charge in [0.2, 0.25) is 0 Å². The smallest absolute Gasteiger partial charge is 0.0157 e. The molecule has 3 aliphatic rings. The quantitative estimate of drug-likeness (QED) is 0.454. The Kier molecular flexibility index (Phi) is 6.24. The monoisotopic (exact) mass is 374 g/mol. The highest BCUT2D eigenvalue weighted by Crippen LogP contribution is 2.53. The van der Waals surface area contributed by atoms with Crippen LogP contribution in [-0.4, -0.2) is 0 Å². The predicted octanol–water partition coefficient (Wildman–Crippen LogP) is 8.37. The molecule has 2 atom stereocenters. The van der Waals surface area contributed by atoms with Crippen molar-refractivity contribution < 1.29 is 0 Å². The summed E-state index contributed by atoms with van der Waals surface area (Å²) in [6, 6.07) is 10.9. The lowest BCUT2D eigenvalue weighted by Crippen LogP contribution is -2.35. The van der Waals surface area contributed by atoms with E-state index in [-0.39, 0.29) is 0 Å². The second kappa shape index (κ2) is 8.85. The van der Waals surface area contributed by atoms with Crippen molar-refractivity contribution in [2.45, 2.75) is 78.1 Å². The van der Waals surface area contributed by atoms with Crippen LogP contribution in [0.2, 0.25) is 0 Å². The van der Waals surface area contributed by atoms with Crippen molar-refractivity contribution in [2.24, 2.45) is 23.2 Å². The van der Waals surface area contributed by atoms with Gasteiger partial charge in [-0.15, -0.1) is 0 Å². The molecule has 0 heteroatoms. The highest BCUT2D eigenvalue weighted by atomic mass is 14.5. The highest BCUT2D eigenvalue weighted by Gasteiger charge is 2.42. The van der Waals surface area contributed by atoms with E-state index in [1.807, 2.05) is 0 Å².